The molecule has 0 bridgehead atoms. The van der Waals surface area contributed by atoms with Gasteiger partial charge >= 0.3 is 0 Å². The summed E-state index contributed by atoms with van der Waals surface area (Å²) in [5, 5.41) is 0. The first-order valence-electron chi connectivity index (χ1n) is 4.79. The molecule has 0 aliphatic carbocycles. The lowest BCUT2D eigenvalue weighted by Crippen LogP contribution is -2.07. The van der Waals surface area contributed by atoms with Crippen LogP contribution in [-0.4, -0.2) is 9.55 Å². The van der Waals surface area contributed by atoms with Gasteiger partial charge in [-0.25, -0.2) is 4.98 Å². The zero-order valence-corrected chi connectivity index (χ0v) is 8.78. The van der Waals surface area contributed by atoms with Gasteiger partial charge in [0.15, 0.2) is 0 Å². The Morgan fingerprint density at radius 3 is 2.79 bits per heavy atom. The fourth-order valence-electron chi connectivity index (χ4n) is 1.78. The van der Waals surface area contributed by atoms with E-state index in [-0.39, 0.29) is 6.04 Å². The maximum Gasteiger partial charge on any atom is 0.106 e. The molecule has 0 saturated heterocycles. The third-order valence-electron chi connectivity index (χ3n) is 2.64. The van der Waals surface area contributed by atoms with Crippen molar-refractivity contribution in [2.24, 2.45) is 12.8 Å². The Bertz CT molecular complexity index is 469. The second-order valence-corrected chi connectivity index (χ2v) is 3.72. The fourth-order valence-corrected chi connectivity index (χ4v) is 1.78. The van der Waals surface area contributed by atoms with E-state index in [1.807, 2.05) is 33.0 Å². The zero-order valence-electron chi connectivity index (χ0n) is 8.78. The molecule has 3 heteroatoms. The number of imidazole rings is 1. The van der Waals surface area contributed by atoms with Crippen LogP contribution in [0.4, 0.5) is 0 Å². The first-order valence-corrected chi connectivity index (χ1v) is 4.79. The summed E-state index contributed by atoms with van der Waals surface area (Å²) in [5.74, 6) is 1.02. The molecule has 1 aromatic carbocycles. The largest absolute Gasteiger partial charge is 0.331 e. The molecular weight excluding hydrogens is 174 g/mol. The first-order chi connectivity index (χ1) is 6.61. The van der Waals surface area contributed by atoms with E-state index in [0.29, 0.717) is 0 Å². The van der Waals surface area contributed by atoms with Crippen molar-refractivity contribution in [1.29, 1.82) is 0 Å². The van der Waals surface area contributed by atoms with Crippen LogP contribution >= 0.6 is 0 Å². The lowest BCUT2D eigenvalue weighted by Gasteiger charge is -2.08. The topological polar surface area (TPSA) is 43.8 Å². The summed E-state index contributed by atoms with van der Waals surface area (Å²) in [4.78, 5) is 4.46. The fraction of sp³-hybridized carbons (Fsp3) is 0.364. The number of aryl methyl sites for hydroxylation is 2. The monoisotopic (exact) mass is 189 g/mol. The van der Waals surface area contributed by atoms with Gasteiger partial charge in [-0.1, -0.05) is 12.1 Å². The molecule has 2 N–H and O–H groups in total. The molecule has 2 rings (SSSR count). The highest BCUT2D eigenvalue weighted by Crippen LogP contribution is 2.22. The minimum atomic E-state index is 0.0495. The molecule has 0 aliphatic heterocycles. The van der Waals surface area contributed by atoms with Gasteiger partial charge in [-0.15, -0.1) is 0 Å². The Kier molecular flexibility index (Phi) is 2.04. The number of nitrogens with zero attached hydrogens (tertiary/aromatic N) is 2. The van der Waals surface area contributed by atoms with E-state index >= 15 is 0 Å². The Morgan fingerprint density at radius 2 is 2.14 bits per heavy atom. The third-order valence-corrected chi connectivity index (χ3v) is 2.64. The van der Waals surface area contributed by atoms with Crippen molar-refractivity contribution in [2.75, 3.05) is 0 Å². The molecule has 14 heavy (non-hydrogen) atoms. The van der Waals surface area contributed by atoms with Crippen molar-refractivity contribution in [2.45, 2.75) is 19.9 Å². The summed E-state index contributed by atoms with van der Waals surface area (Å²) in [5.41, 5.74) is 9.26. The van der Waals surface area contributed by atoms with Gasteiger partial charge in [-0.3, -0.25) is 0 Å². The zero-order chi connectivity index (χ0) is 10.3. The van der Waals surface area contributed by atoms with Crippen molar-refractivity contribution in [1.82, 2.24) is 9.55 Å². The molecule has 0 aliphatic rings. The van der Waals surface area contributed by atoms with Crippen LogP contribution in [-0.2, 0) is 7.05 Å². The van der Waals surface area contributed by atoms with E-state index in [0.717, 1.165) is 22.4 Å². The van der Waals surface area contributed by atoms with Crippen LogP contribution in [0.3, 0.4) is 0 Å². The number of benzene rings is 1. The van der Waals surface area contributed by atoms with Gasteiger partial charge in [0.2, 0.25) is 0 Å². The van der Waals surface area contributed by atoms with Gasteiger partial charge in [0.1, 0.15) is 5.82 Å². The second kappa shape index (κ2) is 3.10. The Hall–Kier alpha value is -1.35. The number of nitrogens with two attached hydrogens (primary N) is 1. The quantitative estimate of drug-likeness (QED) is 0.744. The van der Waals surface area contributed by atoms with E-state index < -0.39 is 0 Å². The van der Waals surface area contributed by atoms with E-state index in [4.69, 9.17) is 5.73 Å². The van der Waals surface area contributed by atoms with Gasteiger partial charge in [-0.2, -0.15) is 0 Å². The van der Waals surface area contributed by atoms with E-state index in [9.17, 15) is 0 Å². The van der Waals surface area contributed by atoms with Gasteiger partial charge in [-0.05, 0) is 25.5 Å². The van der Waals surface area contributed by atoms with Crippen LogP contribution in [0, 0.1) is 6.92 Å². The van der Waals surface area contributed by atoms with Gasteiger partial charge in [0, 0.05) is 13.1 Å². The summed E-state index contributed by atoms with van der Waals surface area (Å²) in [7, 11) is 2.02. The smallest absolute Gasteiger partial charge is 0.106 e. The van der Waals surface area contributed by atoms with E-state index in [1.165, 1.54) is 0 Å². The Morgan fingerprint density at radius 1 is 1.43 bits per heavy atom. The molecular formula is C11H15N3. The average Bonchev–Trinajstić information content (AvgIpc) is 2.43. The maximum absolute atomic E-state index is 5.92. The highest BCUT2D eigenvalue weighted by Gasteiger charge is 2.10. The van der Waals surface area contributed by atoms with Crippen LogP contribution < -0.4 is 5.73 Å². The van der Waals surface area contributed by atoms with Crippen LogP contribution in [0.1, 0.15) is 24.4 Å². The van der Waals surface area contributed by atoms with Crippen LogP contribution in [0.2, 0.25) is 0 Å². The standard InChI is InChI=1S/C11H15N3/c1-7(12)9-5-4-6-10-11(9)14(3)8(2)13-10/h4-7H,12H2,1-3H3. The number of hydrogen-bond donors (Lipinski definition) is 1. The lowest BCUT2D eigenvalue weighted by molar-refractivity contribution is 0.807. The highest BCUT2D eigenvalue weighted by molar-refractivity contribution is 5.80. The van der Waals surface area contributed by atoms with Crippen molar-refractivity contribution in [3.63, 3.8) is 0 Å². The van der Waals surface area contributed by atoms with Crippen LogP contribution in [0.5, 0.6) is 0 Å². The minimum Gasteiger partial charge on any atom is -0.331 e. The number of fused-ring (bicyclic) bond motifs is 1. The summed E-state index contributed by atoms with van der Waals surface area (Å²) in [6, 6.07) is 6.14. The minimum absolute atomic E-state index is 0.0495. The predicted octanol–water partition coefficient (Wildman–Crippen LogP) is 1.90. The Labute approximate surface area is 83.6 Å². The molecule has 2 aromatic rings. The van der Waals surface area contributed by atoms with Crippen molar-refractivity contribution in [3.8, 4) is 0 Å². The van der Waals surface area contributed by atoms with E-state index in [1.54, 1.807) is 0 Å². The maximum atomic E-state index is 5.92. The summed E-state index contributed by atoms with van der Waals surface area (Å²) in [6.45, 7) is 4.00. The molecule has 3 nitrogen and oxygen atoms in total. The van der Waals surface area contributed by atoms with Crippen LogP contribution in [0.15, 0.2) is 18.2 Å². The molecule has 1 heterocycles. The average molecular weight is 189 g/mol. The van der Waals surface area contributed by atoms with Crippen LogP contribution in [0.25, 0.3) is 11.0 Å². The summed E-state index contributed by atoms with van der Waals surface area (Å²) < 4.78 is 2.09. The first kappa shape index (κ1) is 9.21. The molecule has 1 atom stereocenters. The lowest BCUT2D eigenvalue weighted by atomic mass is 10.1. The van der Waals surface area contributed by atoms with Gasteiger partial charge in [0.25, 0.3) is 0 Å². The molecule has 0 saturated carbocycles. The second-order valence-electron chi connectivity index (χ2n) is 3.72. The molecule has 1 aromatic heterocycles. The molecule has 0 radical (unpaired) electrons. The van der Waals surface area contributed by atoms with Crippen molar-refractivity contribution in [3.05, 3.63) is 29.6 Å². The predicted molar refractivity (Wildman–Crippen MR) is 58.1 cm³/mol. The van der Waals surface area contributed by atoms with Crippen molar-refractivity contribution < 1.29 is 0 Å². The van der Waals surface area contributed by atoms with Gasteiger partial charge in [0.05, 0.1) is 11.0 Å². The molecule has 1 unspecified atom stereocenters. The summed E-state index contributed by atoms with van der Waals surface area (Å²) in [6.07, 6.45) is 0. The normalized spacial score (nSPS) is 13.4. The molecule has 74 valence electrons. The Balaban J connectivity index is 2.84. The van der Waals surface area contributed by atoms with E-state index in [2.05, 4.69) is 15.6 Å². The summed E-state index contributed by atoms with van der Waals surface area (Å²) >= 11 is 0. The molecule has 0 spiro atoms. The molecule has 0 fully saturated rings. The third kappa shape index (κ3) is 1.21. The van der Waals surface area contributed by atoms with Gasteiger partial charge < -0.3 is 10.3 Å². The number of hydrogen-bond acceptors (Lipinski definition) is 2. The number of rotatable bonds is 1. The molecule has 0 amide bonds. The van der Waals surface area contributed by atoms with Crippen molar-refractivity contribution >= 4 is 11.0 Å². The number of aromatic nitrogens is 2. The highest BCUT2D eigenvalue weighted by atomic mass is 15.1. The number of para-hydroxylation sites is 1. The SMILES string of the molecule is Cc1nc2cccc(C(C)N)c2n1C.